The Kier molecular flexibility index (Phi) is 4.29. The minimum Gasteiger partial charge on any atom is -0.496 e. The number of para-hydroxylation sites is 1. The van der Waals surface area contributed by atoms with Crippen molar-refractivity contribution in [2.24, 2.45) is 0 Å². The van der Waals surface area contributed by atoms with Gasteiger partial charge in [-0.25, -0.2) is 4.98 Å². The van der Waals surface area contributed by atoms with Crippen LogP contribution in [0.15, 0.2) is 48.5 Å². The van der Waals surface area contributed by atoms with E-state index in [-0.39, 0.29) is 22.3 Å². The molecular weight excluding hydrogens is 360 g/mol. The fourth-order valence-corrected chi connectivity index (χ4v) is 2.67. The molecule has 0 amide bonds. The number of aromatic nitrogens is 1. The molecule has 2 aromatic carbocycles. The van der Waals surface area contributed by atoms with Crippen molar-refractivity contribution in [2.75, 3.05) is 7.11 Å². The molecule has 2 nitrogen and oxygen atoms in total. The van der Waals surface area contributed by atoms with Crippen LogP contribution in [0.1, 0.15) is 11.1 Å². The fraction of sp³-hybridized carbons (Fsp3) is 0.167. The Labute approximate surface area is 144 Å². The number of methoxy groups -OCH3 is 1. The summed E-state index contributed by atoms with van der Waals surface area (Å²) in [7, 11) is 1.31. The first kappa shape index (κ1) is 18.0. The largest absolute Gasteiger partial charge is 0.496 e. The van der Waals surface area contributed by atoms with Gasteiger partial charge in [-0.1, -0.05) is 6.07 Å². The number of hydrogen-bond donors (Lipinski definition) is 0. The summed E-state index contributed by atoms with van der Waals surface area (Å²) in [6.07, 6.45) is -9.09. The van der Waals surface area contributed by atoms with E-state index in [1.807, 2.05) is 0 Å². The van der Waals surface area contributed by atoms with E-state index in [9.17, 15) is 26.3 Å². The molecule has 8 heteroatoms. The van der Waals surface area contributed by atoms with E-state index in [1.165, 1.54) is 37.4 Å². The van der Waals surface area contributed by atoms with Gasteiger partial charge in [0.15, 0.2) is 0 Å². The number of aromatic amines is 1. The number of hydrogen-bond acceptors (Lipinski definition) is 1. The van der Waals surface area contributed by atoms with Crippen LogP contribution in [-0.4, -0.2) is 7.11 Å². The number of ether oxygens (including phenoxy) is 1. The molecule has 0 aliphatic heterocycles. The van der Waals surface area contributed by atoms with Crippen molar-refractivity contribution >= 4 is 10.9 Å². The number of benzene rings is 2. The van der Waals surface area contributed by atoms with E-state index >= 15 is 0 Å². The second kappa shape index (κ2) is 6.19. The van der Waals surface area contributed by atoms with Crippen molar-refractivity contribution in [1.29, 1.82) is 0 Å². The molecule has 1 N–H and O–H groups in total. The van der Waals surface area contributed by atoms with Crippen LogP contribution in [0, 0.1) is 0 Å². The first-order chi connectivity index (χ1) is 12.1. The third-order valence-electron chi connectivity index (χ3n) is 3.91. The average Bonchev–Trinajstić information content (AvgIpc) is 2.58. The molecule has 0 aliphatic rings. The lowest BCUT2D eigenvalue weighted by atomic mass is 10.0. The van der Waals surface area contributed by atoms with Gasteiger partial charge in [0.05, 0.1) is 24.1 Å². The lowest BCUT2D eigenvalue weighted by Crippen LogP contribution is -2.16. The van der Waals surface area contributed by atoms with Gasteiger partial charge in [0.2, 0.25) is 11.2 Å². The second-order valence-electron chi connectivity index (χ2n) is 5.55. The normalized spacial score (nSPS) is 12.4. The SMILES string of the molecule is COc1cc(-c2ccc(C(F)(F)F)cc2)[nH+]c2c(C(F)(F)F)cccc12. The number of nitrogens with one attached hydrogen (secondary N) is 1. The first-order valence-electron chi connectivity index (χ1n) is 7.39. The highest BCUT2D eigenvalue weighted by Crippen LogP contribution is 2.37. The predicted molar refractivity (Wildman–Crippen MR) is 82.5 cm³/mol. The smallest absolute Gasteiger partial charge is 0.422 e. The number of pyridine rings is 1. The van der Waals surface area contributed by atoms with E-state index in [0.717, 1.165) is 18.2 Å². The molecule has 0 saturated carbocycles. The Hall–Kier alpha value is -2.77. The van der Waals surface area contributed by atoms with Crippen LogP contribution in [0.2, 0.25) is 0 Å². The number of alkyl halides is 6. The van der Waals surface area contributed by atoms with Crippen LogP contribution in [0.5, 0.6) is 5.75 Å². The third kappa shape index (κ3) is 3.31. The predicted octanol–water partition coefficient (Wildman–Crippen LogP) is 5.37. The molecule has 3 rings (SSSR count). The molecule has 0 unspecified atom stereocenters. The molecule has 26 heavy (non-hydrogen) atoms. The lowest BCUT2D eigenvalue weighted by molar-refractivity contribution is -0.333. The van der Waals surface area contributed by atoms with Crippen molar-refractivity contribution in [3.63, 3.8) is 0 Å². The zero-order chi connectivity index (χ0) is 19.1. The molecule has 3 aromatic rings. The van der Waals surface area contributed by atoms with Crippen molar-refractivity contribution in [3.8, 4) is 17.0 Å². The van der Waals surface area contributed by atoms with Gasteiger partial charge in [-0.05, 0) is 36.4 Å². The number of rotatable bonds is 2. The lowest BCUT2D eigenvalue weighted by Gasteiger charge is -2.10. The van der Waals surface area contributed by atoms with Crippen LogP contribution in [0.4, 0.5) is 26.3 Å². The average molecular weight is 372 g/mol. The van der Waals surface area contributed by atoms with Crippen molar-refractivity contribution in [2.45, 2.75) is 12.4 Å². The molecule has 0 spiro atoms. The molecule has 0 radical (unpaired) electrons. The van der Waals surface area contributed by atoms with Crippen LogP contribution >= 0.6 is 0 Å². The van der Waals surface area contributed by atoms with E-state index < -0.39 is 23.5 Å². The van der Waals surface area contributed by atoms with Crippen molar-refractivity contribution in [1.82, 2.24) is 0 Å². The van der Waals surface area contributed by atoms with Gasteiger partial charge in [0.25, 0.3) is 0 Å². The van der Waals surface area contributed by atoms with Gasteiger partial charge < -0.3 is 4.74 Å². The van der Waals surface area contributed by atoms with Gasteiger partial charge in [-0.15, -0.1) is 0 Å². The minimum atomic E-state index is -4.60. The fourth-order valence-electron chi connectivity index (χ4n) is 2.67. The standard InChI is InChI=1S/C18H11F6NO/c1-26-15-9-14(10-5-7-11(8-6-10)17(19,20)21)25-16-12(15)3-2-4-13(16)18(22,23)24/h2-9H,1H3/p+1. The molecule has 1 aromatic heterocycles. The summed E-state index contributed by atoms with van der Waals surface area (Å²) < 4.78 is 83.1. The number of halogens is 6. The van der Waals surface area contributed by atoms with Gasteiger partial charge >= 0.3 is 12.4 Å². The van der Waals surface area contributed by atoms with Crippen LogP contribution < -0.4 is 9.72 Å². The molecule has 0 fully saturated rings. The Morgan fingerprint density at radius 2 is 1.50 bits per heavy atom. The maximum atomic E-state index is 13.3. The molecule has 0 aliphatic carbocycles. The zero-order valence-corrected chi connectivity index (χ0v) is 13.3. The molecule has 136 valence electrons. The van der Waals surface area contributed by atoms with Gasteiger partial charge in [0.1, 0.15) is 11.3 Å². The minimum absolute atomic E-state index is 0.180. The maximum Gasteiger partial charge on any atom is 0.422 e. The second-order valence-corrected chi connectivity index (χ2v) is 5.55. The molecule has 0 saturated heterocycles. The molecule has 0 bridgehead atoms. The van der Waals surface area contributed by atoms with E-state index in [2.05, 4.69) is 4.98 Å². The van der Waals surface area contributed by atoms with Crippen molar-refractivity contribution in [3.05, 3.63) is 59.7 Å². The van der Waals surface area contributed by atoms with Crippen molar-refractivity contribution < 1.29 is 36.1 Å². The Bertz CT molecular complexity index is 945. The topological polar surface area (TPSA) is 23.4 Å². The Morgan fingerprint density at radius 1 is 0.846 bits per heavy atom. The number of fused-ring (bicyclic) bond motifs is 1. The first-order valence-corrected chi connectivity index (χ1v) is 7.39. The summed E-state index contributed by atoms with van der Waals surface area (Å²) in [4.78, 5) is 2.67. The zero-order valence-electron chi connectivity index (χ0n) is 13.3. The van der Waals surface area contributed by atoms with Crippen LogP contribution in [0.25, 0.3) is 22.2 Å². The Balaban J connectivity index is 2.21. The summed E-state index contributed by atoms with van der Waals surface area (Å²) in [6, 6.07) is 9.23. The Morgan fingerprint density at radius 3 is 2.04 bits per heavy atom. The molecular formula is C18H12F6NO+. The summed E-state index contributed by atoms with van der Waals surface area (Å²) in [6.45, 7) is 0. The summed E-state index contributed by atoms with van der Waals surface area (Å²) in [5, 5.41) is 0.220. The number of H-pyrrole nitrogens is 1. The summed E-state index contributed by atoms with van der Waals surface area (Å²) in [5.41, 5.74) is -1.42. The van der Waals surface area contributed by atoms with Gasteiger partial charge in [-0.2, -0.15) is 26.3 Å². The maximum absolute atomic E-state index is 13.3. The van der Waals surface area contributed by atoms with Crippen LogP contribution in [-0.2, 0) is 12.4 Å². The highest BCUT2D eigenvalue weighted by Gasteiger charge is 2.36. The molecule has 0 atom stereocenters. The van der Waals surface area contributed by atoms with Gasteiger partial charge in [-0.3, -0.25) is 0 Å². The molecule has 1 heterocycles. The highest BCUT2D eigenvalue weighted by atomic mass is 19.4. The summed E-state index contributed by atoms with van der Waals surface area (Å²) in [5.74, 6) is 0.180. The highest BCUT2D eigenvalue weighted by molar-refractivity contribution is 5.87. The van der Waals surface area contributed by atoms with Crippen LogP contribution in [0.3, 0.4) is 0 Å². The van der Waals surface area contributed by atoms with E-state index in [0.29, 0.717) is 5.56 Å². The summed E-state index contributed by atoms with van der Waals surface area (Å²) >= 11 is 0. The van der Waals surface area contributed by atoms with E-state index in [1.54, 1.807) is 0 Å². The van der Waals surface area contributed by atoms with E-state index in [4.69, 9.17) is 4.74 Å². The third-order valence-corrected chi connectivity index (χ3v) is 3.91. The quantitative estimate of drug-likeness (QED) is 0.555. The monoisotopic (exact) mass is 372 g/mol. The van der Waals surface area contributed by atoms with Gasteiger partial charge in [0, 0.05) is 5.56 Å².